The van der Waals surface area contributed by atoms with Gasteiger partial charge in [-0.25, -0.2) is 18.7 Å². The quantitative estimate of drug-likeness (QED) is 0.804. The highest BCUT2D eigenvalue weighted by Gasteiger charge is 2.23. The van der Waals surface area contributed by atoms with Crippen molar-refractivity contribution < 1.29 is 9.13 Å². The number of ether oxygens (including phenoxy) is 1. The largest absolute Gasteiger partial charge is 0.379 e. The molecule has 2 aliphatic rings. The molecule has 0 radical (unpaired) electrons. The average Bonchev–Trinajstić information content (AvgIpc) is 2.68. The van der Waals surface area contributed by atoms with E-state index in [1.807, 2.05) is 0 Å². The van der Waals surface area contributed by atoms with Crippen LogP contribution >= 0.6 is 12.1 Å². The number of benzene rings is 1. The average molecular weight is 377 g/mol. The van der Waals surface area contributed by atoms with Crippen molar-refractivity contribution in [2.45, 2.75) is 12.8 Å². The van der Waals surface area contributed by atoms with E-state index in [0.717, 1.165) is 69.1 Å². The van der Waals surface area contributed by atoms with Crippen molar-refractivity contribution >= 4 is 28.9 Å². The fraction of sp³-hybridized carbons (Fsp3) is 0.556. The molecular formula is C18H24FN5OS. The first-order chi connectivity index (χ1) is 12.8. The highest BCUT2D eigenvalue weighted by atomic mass is 32.2. The van der Waals surface area contributed by atoms with Crippen molar-refractivity contribution in [1.29, 1.82) is 0 Å². The summed E-state index contributed by atoms with van der Waals surface area (Å²) in [5, 5.41) is 0.795. The molecule has 2 aliphatic heterocycles. The van der Waals surface area contributed by atoms with Gasteiger partial charge in [-0.2, -0.15) is 0 Å². The summed E-state index contributed by atoms with van der Waals surface area (Å²) in [7, 11) is 0. The van der Waals surface area contributed by atoms with E-state index in [1.165, 1.54) is 12.5 Å². The Hall–Kier alpha value is -1.48. The van der Waals surface area contributed by atoms with Crippen molar-refractivity contribution in [1.82, 2.24) is 19.0 Å². The van der Waals surface area contributed by atoms with Gasteiger partial charge in [0, 0.05) is 50.2 Å². The molecule has 26 heavy (non-hydrogen) atoms. The van der Waals surface area contributed by atoms with Crippen LogP contribution in [0.5, 0.6) is 0 Å². The molecule has 0 amide bonds. The minimum Gasteiger partial charge on any atom is -0.379 e. The van der Waals surface area contributed by atoms with E-state index in [0.29, 0.717) is 5.92 Å². The topological polar surface area (TPSA) is 53.5 Å². The van der Waals surface area contributed by atoms with Crippen LogP contribution in [0.3, 0.4) is 0 Å². The molecule has 1 N–H and O–H groups in total. The molecule has 0 spiro atoms. The summed E-state index contributed by atoms with van der Waals surface area (Å²) in [6, 6.07) is 4.71. The Bertz CT molecular complexity index is 743. The Labute approximate surface area is 157 Å². The summed E-state index contributed by atoms with van der Waals surface area (Å²) in [6.07, 6.45) is 3.89. The summed E-state index contributed by atoms with van der Waals surface area (Å²) in [4.78, 5) is 11.0. The monoisotopic (exact) mass is 377 g/mol. The van der Waals surface area contributed by atoms with Crippen LogP contribution in [0.4, 0.5) is 10.2 Å². The van der Waals surface area contributed by atoms with Gasteiger partial charge in [0.05, 0.1) is 18.7 Å². The number of morpholine rings is 1. The number of piperidine rings is 1. The van der Waals surface area contributed by atoms with Crippen molar-refractivity contribution in [3.63, 3.8) is 0 Å². The molecule has 2 fully saturated rings. The maximum atomic E-state index is 13.7. The molecule has 1 aromatic heterocycles. The second-order valence-electron chi connectivity index (χ2n) is 6.79. The lowest BCUT2D eigenvalue weighted by atomic mass is 9.98. The zero-order valence-corrected chi connectivity index (χ0v) is 15.6. The molecular weight excluding hydrogens is 353 g/mol. The Kier molecular flexibility index (Phi) is 5.84. The molecule has 8 heteroatoms. The van der Waals surface area contributed by atoms with Crippen LogP contribution in [0.2, 0.25) is 0 Å². The predicted molar refractivity (Wildman–Crippen MR) is 102 cm³/mol. The summed E-state index contributed by atoms with van der Waals surface area (Å²) >= 11 is 1.70. The van der Waals surface area contributed by atoms with Gasteiger partial charge in [0.15, 0.2) is 0 Å². The number of aromatic nitrogens is 2. The van der Waals surface area contributed by atoms with Gasteiger partial charge in [-0.05, 0) is 37.0 Å². The molecule has 0 bridgehead atoms. The van der Waals surface area contributed by atoms with E-state index in [4.69, 9.17) is 4.74 Å². The van der Waals surface area contributed by atoms with Gasteiger partial charge in [-0.15, -0.1) is 0 Å². The number of fused-ring (bicyclic) bond motifs is 1. The fourth-order valence-corrected chi connectivity index (χ4v) is 4.40. The van der Waals surface area contributed by atoms with Gasteiger partial charge in [0.1, 0.15) is 18.0 Å². The third kappa shape index (κ3) is 4.25. The number of anilines is 1. The maximum Gasteiger partial charge on any atom is 0.139 e. The smallest absolute Gasteiger partial charge is 0.139 e. The van der Waals surface area contributed by atoms with Crippen molar-refractivity contribution in [3.8, 4) is 0 Å². The lowest BCUT2D eigenvalue weighted by Crippen LogP contribution is -2.40. The van der Waals surface area contributed by atoms with Gasteiger partial charge in [0.25, 0.3) is 0 Å². The highest BCUT2D eigenvalue weighted by Crippen LogP contribution is 2.28. The van der Waals surface area contributed by atoms with Gasteiger partial charge in [-0.3, -0.25) is 4.72 Å². The van der Waals surface area contributed by atoms with Crippen molar-refractivity contribution in [2.24, 2.45) is 5.92 Å². The minimum atomic E-state index is -0.245. The fourth-order valence-electron chi connectivity index (χ4n) is 3.58. The van der Waals surface area contributed by atoms with Crippen LogP contribution in [-0.4, -0.2) is 60.2 Å². The Morgan fingerprint density at radius 3 is 3.00 bits per heavy atom. The van der Waals surface area contributed by atoms with E-state index in [1.54, 1.807) is 30.6 Å². The van der Waals surface area contributed by atoms with Gasteiger partial charge >= 0.3 is 0 Å². The van der Waals surface area contributed by atoms with Gasteiger partial charge in [-0.1, -0.05) is 0 Å². The van der Waals surface area contributed by atoms with E-state index in [9.17, 15) is 4.39 Å². The SMILES string of the molecule is Fc1ccc2ncnc(N3CCCC(CNSN4CCOCC4)C3)c2c1. The molecule has 2 aromatic rings. The van der Waals surface area contributed by atoms with Crippen molar-refractivity contribution in [2.75, 3.05) is 50.8 Å². The van der Waals surface area contributed by atoms with Crippen LogP contribution in [-0.2, 0) is 4.74 Å². The number of nitrogens with zero attached hydrogens (tertiary/aromatic N) is 4. The molecule has 2 saturated heterocycles. The molecule has 0 saturated carbocycles. The minimum absolute atomic E-state index is 0.245. The molecule has 6 nitrogen and oxygen atoms in total. The Balaban J connectivity index is 1.38. The maximum absolute atomic E-state index is 13.7. The lowest BCUT2D eigenvalue weighted by molar-refractivity contribution is 0.0770. The number of nitrogens with one attached hydrogen (secondary N) is 1. The van der Waals surface area contributed by atoms with Gasteiger partial charge < -0.3 is 9.64 Å². The van der Waals surface area contributed by atoms with Gasteiger partial charge in [0.2, 0.25) is 0 Å². The number of hydrogen-bond acceptors (Lipinski definition) is 7. The summed E-state index contributed by atoms with van der Waals surface area (Å²) in [5.41, 5.74) is 0.791. The Morgan fingerprint density at radius 1 is 1.23 bits per heavy atom. The first kappa shape index (κ1) is 17.9. The van der Waals surface area contributed by atoms with E-state index >= 15 is 0 Å². The van der Waals surface area contributed by atoms with Crippen molar-refractivity contribution in [3.05, 3.63) is 30.3 Å². The predicted octanol–water partition coefficient (Wildman–Crippen LogP) is 2.47. The summed E-state index contributed by atoms with van der Waals surface area (Å²) in [6.45, 7) is 6.39. The van der Waals surface area contributed by atoms with Crippen LogP contribution in [0.25, 0.3) is 10.9 Å². The molecule has 1 atom stereocenters. The zero-order chi connectivity index (χ0) is 17.8. The molecule has 1 unspecified atom stereocenters. The van der Waals surface area contributed by atoms with Crippen LogP contribution in [0.1, 0.15) is 12.8 Å². The standard InChI is InChI=1S/C18H24FN5OS/c19-15-3-4-17-16(10-15)18(21-13-20-17)23-5-1-2-14(12-23)11-22-26-24-6-8-25-9-7-24/h3-4,10,13-14,22H,1-2,5-9,11-12H2. The molecule has 4 rings (SSSR count). The molecule has 3 heterocycles. The zero-order valence-electron chi connectivity index (χ0n) is 14.7. The van der Waals surface area contributed by atoms with E-state index < -0.39 is 0 Å². The molecule has 1 aromatic carbocycles. The first-order valence-corrected chi connectivity index (χ1v) is 9.94. The second kappa shape index (κ2) is 8.47. The van der Waals surface area contributed by atoms with Crippen LogP contribution < -0.4 is 9.62 Å². The molecule has 0 aliphatic carbocycles. The third-order valence-electron chi connectivity index (χ3n) is 4.93. The van der Waals surface area contributed by atoms with E-state index in [-0.39, 0.29) is 5.82 Å². The number of halogens is 1. The lowest BCUT2D eigenvalue weighted by Gasteiger charge is -2.34. The summed E-state index contributed by atoms with van der Waals surface area (Å²) in [5.74, 6) is 1.15. The summed E-state index contributed by atoms with van der Waals surface area (Å²) < 4.78 is 24.9. The van der Waals surface area contributed by atoms with Crippen LogP contribution in [0, 0.1) is 11.7 Å². The van der Waals surface area contributed by atoms with E-state index in [2.05, 4.69) is 23.9 Å². The van der Waals surface area contributed by atoms with Crippen LogP contribution in [0.15, 0.2) is 24.5 Å². The first-order valence-electron chi connectivity index (χ1n) is 9.17. The normalized spacial score (nSPS) is 22.0. The third-order valence-corrected chi connectivity index (χ3v) is 5.85. The second-order valence-corrected chi connectivity index (χ2v) is 7.78. The Morgan fingerprint density at radius 2 is 2.12 bits per heavy atom. The molecule has 140 valence electrons. The highest BCUT2D eigenvalue weighted by molar-refractivity contribution is 7.95. The number of rotatable bonds is 5. The number of hydrogen-bond donors (Lipinski definition) is 1.